The number of benzene rings is 1. The van der Waals surface area contributed by atoms with Gasteiger partial charge in [0.25, 0.3) is 0 Å². The van der Waals surface area contributed by atoms with E-state index in [9.17, 15) is 9.90 Å². The Balaban J connectivity index is 2.26. The highest BCUT2D eigenvalue weighted by molar-refractivity contribution is 5.88. The number of nitrogens with zero attached hydrogens (tertiary/aromatic N) is 1. The lowest BCUT2D eigenvalue weighted by Gasteiger charge is -2.24. The van der Waals surface area contributed by atoms with Gasteiger partial charge in [-0.25, -0.2) is 4.79 Å². The van der Waals surface area contributed by atoms with Crippen molar-refractivity contribution in [1.29, 1.82) is 0 Å². The van der Waals surface area contributed by atoms with Crippen LogP contribution in [-0.2, 0) is 0 Å². The molecule has 0 radical (unpaired) electrons. The van der Waals surface area contributed by atoms with Gasteiger partial charge in [0, 0.05) is 6.54 Å². The standard InChI is InChI=1S/C15H17NO4/c1-2-19-14-10-6-3-4-7-11(10)20-15(18)13(14)16-9-5-8-12(16)17/h3-4,6-7,12,17H,2,5,8-9H2,1H3. The smallest absolute Gasteiger partial charge is 0.364 e. The molecule has 2 aromatic rings. The number of anilines is 1. The minimum Gasteiger partial charge on any atom is -0.491 e. The average Bonchev–Trinajstić information content (AvgIpc) is 2.85. The van der Waals surface area contributed by atoms with Gasteiger partial charge in [-0.3, -0.25) is 0 Å². The van der Waals surface area contributed by atoms with E-state index in [0.717, 1.165) is 11.8 Å². The molecule has 1 unspecified atom stereocenters. The second kappa shape index (κ2) is 5.17. The van der Waals surface area contributed by atoms with Crippen LogP contribution < -0.4 is 15.3 Å². The van der Waals surface area contributed by atoms with Crippen molar-refractivity contribution >= 4 is 16.7 Å². The minimum absolute atomic E-state index is 0.329. The highest BCUT2D eigenvalue weighted by atomic mass is 16.5. The molecule has 0 saturated carbocycles. The van der Waals surface area contributed by atoms with Crippen LogP contribution >= 0.6 is 0 Å². The third-order valence-electron chi connectivity index (χ3n) is 3.54. The number of aliphatic hydroxyl groups is 1. The first-order valence-electron chi connectivity index (χ1n) is 6.85. The van der Waals surface area contributed by atoms with E-state index in [1.807, 2.05) is 25.1 Å². The quantitative estimate of drug-likeness (QED) is 0.869. The van der Waals surface area contributed by atoms with E-state index in [0.29, 0.717) is 36.6 Å². The van der Waals surface area contributed by atoms with Crippen molar-refractivity contribution in [2.75, 3.05) is 18.1 Å². The number of fused-ring (bicyclic) bond motifs is 1. The Bertz CT molecular complexity index is 679. The lowest BCUT2D eigenvalue weighted by Crippen LogP contribution is -2.33. The van der Waals surface area contributed by atoms with Gasteiger partial charge in [0.1, 0.15) is 11.8 Å². The summed E-state index contributed by atoms with van der Waals surface area (Å²) in [6.07, 6.45) is 0.842. The van der Waals surface area contributed by atoms with E-state index in [4.69, 9.17) is 9.15 Å². The Morgan fingerprint density at radius 1 is 1.45 bits per heavy atom. The summed E-state index contributed by atoms with van der Waals surface area (Å²) in [6.45, 7) is 2.95. The molecule has 3 rings (SSSR count). The predicted molar refractivity (Wildman–Crippen MR) is 76.2 cm³/mol. The Labute approximate surface area is 116 Å². The Morgan fingerprint density at radius 3 is 2.95 bits per heavy atom. The third kappa shape index (κ3) is 2.04. The molecule has 5 heteroatoms. The van der Waals surface area contributed by atoms with Crippen LogP contribution in [0, 0.1) is 0 Å². The maximum Gasteiger partial charge on any atom is 0.364 e. The normalized spacial score (nSPS) is 18.7. The van der Waals surface area contributed by atoms with Crippen LogP contribution in [0.5, 0.6) is 5.75 Å². The molecule has 1 N–H and O–H groups in total. The van der Waals surface area contributed by atoms with Crippen LogP contribution in [0.25, 0.3) is 11.0 Å². The van der Waals surface area contributed by atoms with Crippen molar-refractivity contribution in [3.8, 4) is 5.75 Å². The number of ether oxygens (including phenoxy) is 1. The maximum absolute atomic E-state index is 12.3. The molecule has 0 aliphatic carbocycles. The summed E-state index contributed by atoms with van der Waals surface area (Å²) in [5.74, 6) is 0.500. The first-order chi connectivity index (χ1) is 9.72. The van der Waals surface area contributed by atoms with Gasteiger partial charge in [-0.15, -0.1) is 0 Å². The maximum atomic E-state index is 12.3. The highest BCUT2D eigenvalue weighted by Gasteiger charge is 2.29. The molecular formula is C15H17NO4. The molecule has 1 aliphatic heterocycles. The largest absolute Gasteiger partial charge is 0.491 e. The predicted octanol–water partition coefficient (Wildman–Crippen LogP) is 2.11. The summed E-state index contributed by atoms with van der Waals surface area (Å²) in [6, 6.07) is 7.28. The summed E-state index contributed by atoms with van der Waals surface area (Å²) >= 11 is 0. The summed E-state index contributed by atoms with van der Waals surface area (Å²) in [5, 5.41) is 10.8. The fourth-order valence-corrected chi connectivity index (χ4v) is 2.66. The second-order valence-corrected chi connectivity index (χ2v) is 4.81. The van der Waals surface area contributed by atoms with Gasteiger partial charge in [0.2, 0.25) is 0 Å². The number of hydrogen-bond acceptors (Lipinski definition) is 5. The molecule has 1 aromatic carbocycles. The zero-order valence-electron chi connectivity index (χ0n) is 11.3. The van der Waals surface area contributed by atoms with Crippen LogP contribution in [0.1, 0.15) is 19.8 Å². The monoisotopic (exact) mass is 275 g/mol. The lowest BCUT2D eigenvalue weighted by molar-refractivity contribution is 0.184. The summed E-state index contributed by atoms with van der Waals surface area (Å²) < 4.78 is 11.0. The molecule has 1 fully saturated rings. The van der Waals surface area contributed by atoms with E-state index in [1.54, 1.807) is 11.0 Å². The van der Waals surface area contributed by atoms with Gasteiger partial charge in [-0.05, 0) is 31.9 Å². The molecule has 20 heavy (non-hydrogen) atoms. The molecule has 0 bridgehead atoms. The Kier molecular flexibility index (Phi) is 3.36. The van der Waals surface area contributed by atoms with Crippen LogP contribution in [0.3, 0.4) is 0 Å². The van der Waals surface area contributed by atoms with Crippen molar-refractivity contribution in [1.82, 2.24) is 0 Å². The van der Waals surface area contributed by atoms with E-state index >= 15 is 0 Å². The van der Waals surface area contributed by atoms with E-state index in [-0.39, 0.29) is 0 Å². The molecule has 1 atom stereocenters. The molecule has 106 valence electrons. The topological polar surface area (TPSA) is 62.9 Å². The number of aliphatic hydroxyl groups excluding tert-OH is 1. The van der Waals surface area contributed by atoms with Crippen LogP contribution in [0.15, 0.2) is 33.5 Å². The summed E-state index contributed by atoms with van der Waals surface area (Å²) in [5.41, 5.74) is 0.363. The van der Waals surface area contributed by atoms with Crippen LogP contribution in [-0.4, -0.2) is 24.5 Å². The van der Waals surface area contributed by atoms with Crippen molar-refractivity contribution in [3.05, 3.63) is 34.7 Å². The van der Waals surface area contributed by atoms with Gasteiger partial charge >= 0.3 is 5.63 Å². The Hall–Kier alpha value is -2.01. The molecule has 0 amide bonds. The average molecular weight is 275 g/mol. The van der Waals surface area contributed by atoms with Gasteiger partial charge in [0.15, 0.2) is 11.4 Å². The summed E-state index contributed by atoms with van der Waals surface area (Å²) in [7, 11) is 0. The Morgan fingerprint density at radius 2 is 2.25 bits per heavy atom. The zero-order valence-corrected chi connectivity index (χ0v) is 11.3. The number of rotatable bonds is 3. The molecule has 1 saturated heterocycles. The van der Waals surface area contributed by atoms with Crippen LogP contribution in [0.4, 0.5) is 5.69 Å². The van der Waals surface area contributed by atoms with Gasteiger partial charge in [0.05, 0.1) is 12.0 Å². The zero-order chi connectivity index (χ0) is 14.1. The van der Waals surface area contributed by atoms with Crippen LogP contribution in [0.2, 0.25) is 0 Å². The number of hydrogen-bond donors (Lipinski definition) is 1. The molecule has 1 aromatic heterocycles. The van der Waals surface area contributed by atoms with Gasteiger partial charge in [-0.1, -0.05) is 12.1 Å². The van der Waals surface area contributed by atoms with E-state index in [1.165, 1.54) is 0 Å². The lowest BCUT2D eigenvalue weighted by atomic mass is 10.2. The SMILES string of the molecule is CCOc1c(N2CCCC2O)c(=O)oc2ccccc12. The molecule has 1 aliphatic rings. The summed E-state index contributed by atoms with van der Waals surface area (Å²) in [4.78, 5) is 13.9. The third-order valence-corrected chi connectivity index (χ3v) is 3.54. The minimum atomic E-state index is -0.654. The van der Waals surface area contributed by atoms with Crippen molar-refractivity contribution in [3.63, 3.8) is 0 Å². The fourth-order valence-electron chi connectivity index (χ4n) is 2.66. The van der Waals surface area contributed by atoms with E-state index in [2.05, 4.69) is 0 Å². The van der Waals surface area contributed by atoms with Crippen molar-refractivity contribution < 1.29 is 14.3 Å². The van der Waals surface area contributed by atoms with Crippen molar-refractivity contribution in [2.24, 2.45) is 0 Å². The van der Waals surface area contributed by atoms with E-state index < -0.39 is 11.9 Å². The highest BCUT2D eigenvalue weighted by Crippen LogP contribution is 2.36. The van der Waals surface area contributed by atoms with Gasteiger partial charge < -0.3 is 19.2 Å². The van der Waals surface area contributed by atoms with Gasteiger partial charge in [-0.2, -0.15) is 0 Å². The van der Waals surface area contributed by atoms with Crippen molar-refractivity contribution in [2.45, 2.75) is 26.0 Å². The molecule has 5 nitrogen and oxygen atoms in total. The first kappa shape index (κ1) is 13.0. The number of para-hydroxylation sites is 1. The first-order valence-corrected chi connectivity index (χ1v) is 6.85. The molecule has 0 spiro atoms. The molecule has 2 heterocycles. The second-order valence-electron chi connectivity index (χ2n) is 4.81. The fraction of sp³-hybridized carbons (Fsp3) is 0.400. The molecular weight excluding hydrogens is 258 g/mol.